The molecule has 20 heavy (non-hydrogen) atoms. The molecule has 1 fully saturated rings. The highest BCUT2D eigenvalue weighted by Gasteiger charge is 2.17. The maximum atomic E-state index is 13.7. The number of anilines is 1. The van der Waals surface area contributed by atoms with E-state index in [2.05, 4.69) is 20.0 Å². The van der Waals surface area contributed by atoms with Gasteiger partial charge in [0.2, 0.25) is 0 Å². The Labute approximate surface area is 114 Å². The van der Waals surface area contributed by atoms with Crippen LogP contribution in [0.1, 0.15) is 6.42 Å². The van der Waals surface area contributed by atoms with Crippen LogP contribution in [0.2, 0.25) is 0 Å². The first-order valence-electron chi connectivity index (χ1n) is 6.52. The summed E-state index contributed by atoms with van der Waals surface area (Å²) in [6.45, 7) is 2.01. The zero-order chi connectivity index (χ0) is 13.5. The summed E-state index contributed by atoms with van der Waals surface area (Å²) in [7, 11) is 0. The van der Waals surface area contributed by atoms with E-state index >= 15 is 0 Å². The molecule has 100 valence electrons. The predicted molar refractivity (Wildman–Crippen MR) is 73.4 cm³/mol. The zero-order valence-corrected chi connectivity index (χ0v) is 10.7. The van der Waals surface area contributed by atoms with Gasteiger partial charge in [0, 0.05) is 13.1 Å². The van der Waals surface area contributed by atoms with Gasteiger partial charge in [0.25, 0.3) is 0 Å². The molecule has 0 saturated carbocycles. The molecule has 3 heterocycles. The molecule has 5 nitrogen and oxygen atoms in total. The molecule has 1 aromatic carbocycles. The molecule has 0 aliphatic carbocycles. The van der Waals surface area contributed by atoms with Gasteiger partial charge in [0.15, 0.2) is 5.82 Å². The van der Waals surface area contributed by atoms with Crippen molar-refractivity contribution in [2.75, 3.05) is 18.0 Å². The Balaban J connectivity index is 1.84. The first kappa shape index (κ1) is 11.3. The molecule has 1 aliphatic heterocycles. The monoisotopic (exact) mass is 269 g/mol. The van der Waals surface area contributed by atoms with Gasteiger partial charge in [-0.05, 0) is 18.6 Å². The van der Waals surface area contributed by atoms with E-state index in [1.54, 1.807) is 23.1 Å². The highest BCUT2D eigenvalue weighted by atomic mass is 19.1. The smallest absolute Gasteiger partial charge is 0.174 e. The van der Waals surface area contributed by atoms with Crippen molar-refractivity contribution >= 4 is 16.7 Å². The van der Waals surface area contributed by atoms with Crippen LogP contribution >= 0.6 is 0 Å². The molecule has 6 heteroatoms. The van der Waals surface area contributed by atoms with Crippen LogP contribution in [0.25, 0.3) is 16.7 Å². The minimum Gasteiger partial charge on any atom is -0.355 e. The van der Waals surface area contributed by atoms with Crippen LogP contribution in [0.3, 0.4) is 0 Å². The number of hydrogen-bond donors (Lipinski definition) is 0. The largest absolute Gasteiger partial charge is 0.355 e. The molecule has 4 rings (SSSR count). The first-order chi connectivity index (χ1) is 9.83. The lowest BCUT2D eigenvalue weighted by atomic mass is 10.2. The Morgan fingerprint density at radius 3 is 2.70 bits per heavy atom. The van der Waals surface area contributed by atoms with Gasteiger partial charge in [-0.15, -0.1) is 0 Å². The maximum Gasteiger partial charge on any atom is 0.174 e. The van der Waals surface area contributed by atoms with Crippen LogP contribution in [0.15, 0.2) is 36.8 Å². The second-order valence-corrected chi connectivity index (χ2v) is 4.81. The summed E-state index contributed by atoms with van der Waals surface area (Å²) in [5, 5.41) is 4.72. The molecule has 3 aromatic rings. The Morgan fingerprint density at radius 1 is 1.05 bits per heavy atom. The number of aromatic nitrogens is 4. The Hall–Kier alpha value is -2.50. The third kappa shape index (κ3) is 1.65. The number of fused-ring (bicyclic) bond motifs is 1. The van der Waals surface area contributed by atoms with Crippen molar-refractivity contribution in [2.45, 2.75) is 6.42 Å². The molecule has 0 radical (unpaired) electrons. The third-order valence-corrected chi connectivity index (χ3v) is 3.57. The van der Waals surface area contributed by atoms with E-state index in [4.69, 9.17) is 0 Å². The fraction of sp³-hybridized carbons (Fsp3) is 0.214. The minimum absolute atomic E-state index is 0.277. The van der Waals surface area contributed by atoms with Crippen molar-refractivity contribution in [3.8, 4) is 5.82 Å². The van der Waals surface area contributed by atoms with Crippen molar-refractivity contribution in [1.29, 1.82) is 0 Å². The van der Waals surface area contributed by atoms with E-state index in [9.17, 15) is 4.39 Å². The SMILES string of the molecule is Fc1cccc2c1cnn2-c1cncc(N2CCC2)n1. The molecule has 2 aromatic heterocycles. The van der Waals surface area contributed by atoms with Crippen LogP contribution in [-0.4, -0.2) is 32.8 Å². The second kappa shape index (κ2) is 4.26. The lowest BCUT2D eigenvalue weighted by Crippen LogP contribution is -2.37. The normalized spacial score (nSPS) is 14.6. The van der Waals surface area contributed by atoms with Crippen LogP contribution in [0, 0.1) is 5.82 Å². The molecule has 1 aliphatic rings. The van der Waals surface area contributed by atoms with Crippen LogP contribution in [-0.2, 0) is 0 Å². The van der Waals surface area contributed by atoms with Gasteiger partial charge in [-0.25, -0.2) is 14.1 Å². The standard InChI is InChI=1S/C14H12FN5/c15-11-3-1-4-12-10(11)7-17-20(12)14-9-16-8-13(18-14)19-5-2-6-19/h1,3-4,7-9H,2,5-6H2. The molecular weight excluding hydrogens is 257 g/mol. The van der Waals surface area contributed by atoms with Crippen molar-refractivity contribution < 1.29 is 4.39 Å². The van der Waals surface area contributed by atoms with E-state index in [1.165, 1.54) is 18.7 Å². The van der Waals surface area contributed by atoms with E-state index in [0.717, 1.165) is 18.9 Å². The molecule has 0 unspecified atom stereocenters. The average molecular weight is 269 g/mol. The molecule has 0 spiro atoms. The topological polar surface area (TPSA) is 46.8 Å². The number of benzene rings is 1. The van der Waals surface area contributed by atoms with E-state index in [-0.39, 0.29) is 5.82 Å². The van der Waals surface area contributed by atoms with Crippen molar-refractivity contribution in [2.24, 2.45) is 0 Å². The quantitative estimate of drug-likeness (QED) is 0.715. The summed E-state index contributed by atoms with van der Waals surface area (Å²) in [5.74, 6) is 1.17. The molecule has 0 amide bonds. The van der Waals surface area contributed by atoms with Gasteiger partial charge in [-0.2, -0.15) is 5.10 Å². The summed E-state index contributed by atoms with van der Waals surface area (Å²) in [4.78, 5) is 10.9. The van der Waals surface area contributed by atoms with E-state index in [0.29, 0.717) is 16.7 Å². The maximum absolute atomic E-state index is 13.7. The number of nitrogens with zero attached hydrogens (tertiary/aromatic N) is 5. The van der Waals surface area contributed by atoms with Crippen molar-refractivity contribution in [1.82, 2.24) is 19.7 Å². The number of hydrogen-bond acceptors (Lipinski definition) is 4. The average Bonchev–Trinajstić information content (AvgIpc) is 2.82. The van der Waals surface area contributed by atoms with E-state index < -0.39 is 0 Å². The summed E-state index contributed by atoms with van der Waals surface area (Å²) < 4.78 is 15.3. The van der Waals surface area contributed by atoms with Gasteiger partial charge >= 0.3 is 0 Å². The lowest BCUT2D eigenvalue weighted by molar-refractivity contribution is 0.607. The first-order valence-corrected chi connectivity index (χ1v) is 6.52. The third-order valence-electron chi connectivity index (χ3n) is 3.57. The van der Waals surface area contributed by atoms with Crippen LogP contribution < -0.4 is 4.90 Å². The van der Waals surface area contributed by atoms with Crippen molar-refractivity contribution in [3.63, 3.8) is 0 Å². The lowest BCUT2D eigenvalue weighted by Gasteiger charge is -2.31. The van der Waals surface area contributed by atoms with Gasteiger partial charge in [-0.1, -0.05) is 6.07 Å². The van der Waals surface area contributed by atoms with Gasteiger partial charge < -0.3 is 4.90 Å². The van der Waals surface area contributed by atoms with E-state index in [1.807, 2.05) is 6.07 Å². The Kier molecular flexibility index (Phi) is 2.42. The van der Waals surface area contributed by atoms with Gasteiger partial charge in [0.05, 0.1) is 29.5 Å². The number of rotatable bonds is 2. The molecular formula is C14H12FN5. The Morgan fingerprint density at radius 2 is 1.90 bits per heavy atom. The van der Waals surface area contributed by atoms with Crippen LogP contribution in [0.5, 0.6) is 0 Å². The minimum atomic E-state index is -0.277. The predicted octanol–water partition coefficient (Wildman–Crippen LogP) is 2.16. The summed E-state index contributed by atoms with van der Waals surface area (Å²) >= 11 is 0. The van der Waals surface area contributed by atoms with Gasteiger partial charge in [0.1, 0.15) is 11.6 Å². The molecule has 1 saturated heterocycles. The Bertz CT molecular complexity index is 778. The highest BCUT2D eigenvalue weighted by molar-refractivity contribution is 5.80. The zero-order valence-electron chi connectivity index (χ0n) is 10.7. The summed E-state index contributed by atoms with van der Waals surface area (Å²) in [6, 6.07) is 4.92. The molecule has 0 bridgehead atoms. The molecule has 0 N–H and O–H groups in total. The second-order valence-electron chi connectivity index (χ2n) is 4.81. The highest BCUT2D eigenvalue weighted by Crippen LogP contribution is 2.22. The summed E-state index contributed by atoms with van der Waals surface area (Å²) in [6.07, 6.45) is 6.08. The fourth-order valence-electron chi connectivity index (χ4n) is 2.34. The molecule has 0 atom stereocenters. The number of halogens is 1. The van der Waals surface area contributed by atoms with Crippen LogP contribution in [0.4, 0.5) is 10.2 Å². The van der Waals surface area contributed by atoms with Gasteiger partial charge in [-0.3, -0.25) is 4.98 Å². The fourth-order valence-corrected chi connectivity index (χ4v) is 2.34. The summed E-state index contributed by atoms with van der Waals surface area (Å²) in [5.41, 5.74) is 0.694. The van der Waals surface area contributed by atoms with Crippen molar-refractivity contribution in [3.05, 3.63) is 42.6 Å².